The molecule has 0 unspecified atom stereocenters. The van der Waals surface area contributed by atoms with Crippen LogP contribution in [0, 0.1) is 12.7 Å². The number of rotatable bonds is 7. The van der Waals surface area contributed by atoms with Gasteiger partial charge in [-0.15, -0.1) is 0 Å². The minimum atomic E-state index is -4.50. The van der Waals surface area contributed by atoms with Crippen molar-refractivity contribution < 1.29 is 31.9 Å². The Bertz CT molecular complexity index is 1730. The zero-order chi connectivity index (χ0) is 33.6. The van der Waals surface area contributed by atoms with Gasteiger partial charge in [0, 0.05) is 55.3 Å². The van der Waals surface area contributed by atoms with E-state index in [4.69, 9.17) is 0 Å². The third-order valence-corrected chi connectivity index (χ3v) is 7.76. The van der Waals surface area contributed by atoms with Crippen LogP contribution in [0.3, 0.4) is 0 Å². The Morgan fingerprint density at radius 2 is 1.43 bits per heavy atom. The summed E-state index contributed by atoms with van der Waals surface area (Å²) in [5.74, 6) is -0.901. The molecule has 4 amide bonds. The van der Waals surface area contributed by atoms with Gasteiger partial charge in [0.1, 0.15) is 5.82 Å². The average molecular weight is 648 g/mol. The molecule has 12 heteroatoms. The highest BCUT2D eigenvalue weighted by atomic mass is 19.4. The van der Waals surface area contributed by atoms with Crippen molar-refractivity contribution in [1.29, 1.82) is 0 Å². The van der Waals surface area contributed by atoms with Crippen molar-refractivity contribution in [2.45, 2.75) is 26.1 Å². The number of halogens is 4. The number of amides is 4. The molecule has 0 saturated carbocycles. The lowest BCUT2D eigenvalue weighted by Gasteiger charge is -2.26. The fourth-order valence-electron chi connectivity index (χ4n) is 5.23. The van der Waals surface area contributed by atoms with Gasteiger partial charge in [-0.25, -0.2) is 9.18 Å². The van der Waals surface area contributed by atoms with Crippen LogP contribution in [0.2, 0.25) is 0 Å². The highest BCUT2D eigenvalue weighted by molar-refractivity contribution is 6.04. The first-order valence-electron chi connectivity index (χ1n) is 15.0. The van der Waals surface area contributed by atoms with E-state index in [-0.39, 0.29) is 29.4 Å². The molecule has 0 aromatic heterocycles. The summed E-state index contributed by atoms with van der Waals surface area (Å²) in [7, 11) is 0. The molecule has 0 atom stereocenters. The zero-order valence-corrected chi connectivity index (χ0v) is 25.5. The molecule has 3 N–H and O–H groups in total. The molecule has 1 saturated heterocycles. The number of hydrogen-bond donors (Lipinski definition) is 3. The number of urea groups is 1. The largest absolute Gasteiger partial charge is 0.416 e. The van der Waals surface area contributed by atoms with Crippen LogP contribution < -0.4 is 20.9 Å². The Morgan fingerprint density at radius 3 is 2.11 bits per heavy atom. The van der Waals surface area contributed by atoms with Crippen molar-refractivity contribution >= 4 is 34.9 Å². The first-order valence-corrected chi connectivity index (χ1v) is 15.0. The number of nitrogens with zero attached hydrogens (tertiary/aromatic N) is 2. The number of anilines is 3. The van der Waals surface area contributed by atoms with Crippen molar-refractivity contribution in [3.05, 3.63) is 125 Å². The minimum Gasteiger partial charge on any atom is -0.369 e. The van der Waals surface area contributed by atoms with E-state index >= 15 is 0 Å². The Labute approximate surface area is 269 Å². The summed E-state index contributed by atoms with van der Waals surface area (Å²) < 4.78 is 52.1. The molecular weight excluding hydrogens is 614 g/mol. The fraction of sp³-hybridized carbons (Fsp3) is 0.229. The second kappa shape index (κ2) is 14.4. The van der Waals surface area contributed by atoms with Crippen LogP contribution >= 0.6 is 0 Å². The number of alkyl halides is 3. The molecule has 4 aromatic rings. The molecule has 0 bridgehead atoms. The van der Waals surface area contributed by atoms with Gasteiger partial charge in [0.25, 0.3) is 11.8 Å². The molecule has 47 heavy (non-hydrogen) atoms. The van der Waals surface area contributed by atoms with E-state index in [2.05, 4.69) is 16.0 Å². The van der Waals surface area contributed by atoms with Crippen LogP contribution in [0.1, 0.15) is 43.8 Å². The fourth-order valence-corrected chi connectivity index (χ4v) is 5.23. The van der Waals surface area contributed by atoms with E-state index in [1.165, 1.54) is 18.2 Å². The molecule has 1 heterocycles. The summed E-state index contributed by atoms with van der Waals surface area (Å²) in [4.78, 5) is 43.3. The number of carbonyl (C=O) groups is 3. The first-order chi connectivity index (χ1) is 22.5. The van der Waals surface area contributed by atoms with Crippen molar-refractivity contribution in [2.75, 3.05) is 41.7 Å². The van der Waals surface area contributed by atoms with Gasteiger partial charge >= 0.3 is 12.2 Å². The molecule has 1 aliphatic rings. The summed E-state index contributed by atoms with van der Waals surface area (Å²) in [5, 5.41) is 7.97. The van der Waals surface area contributed by atoms with Gasteiger partial charge in [0.15, 0.2) is 0 Å². The maximum Gasteiger partial charge on any atom is 0.416 e. The van der Waals surface area contributed by atoms with E-state index in [0.717, 1.165) is 29.8 Å². The number of nitrogens with one attached hydrogen (secondary N) is 3. The van der Waals surface area contributed by atoms with Crippen LogP contribution in [0.4, 0.5) is 39.4 Å². The molecule has 5 rings (SSSR count). The van der Waals surface area contributed by atoms with Crippen molar-refractivity contribution in [2.24, 2.45) is 0 Å². The molecule has 0 aliphatic carbocycles. The maximum atomic E-state index is 13.6. The Morgan fingerprint density at radius 1 is 0.766 bits per heavy atom. The molecule has 8 nitrogen and oxygen atoms in total. The van der Waals surface area contributed by atoms with E-state index in [1.54, 1.807) is 29.2 Å². The van der Waals surface area contributed by atoms with Gasteiger partial charge in [-0.1, -0.05) is 29.8 Å². The zero-order valence-electron chi connectivity index (χ0n) is 25.5. The van der Waals surface area contributed by atoms with Gasteiger partial charge in [0.2, 0.25) is 0 Å². The summed E-state index contributed by atoms with van der Waals surface area (Å²) in [6, 6.07) is 21.3. The van der Waals surface area contributed by atoms with Gasteiger partial charge in [0.05, 0.1) is 11.1 Å². The quantitative estimate of drug-likeness (QED) is 0.187. The minimum absolute atomic E-state index is 0.0669. The third-order valence-electron chi connectivity index (χ3n) is 7.76. The van der Waals surface area contributed by atoms with E-state index in [1.807, 2.05) is 36.1 Å². The monoisotopic (exact) mass is 647 g/mol. The van der Waals surface area contributed by atoms with E-state index in [0.29, 0.717) is 49.4 Å². The summed E-state index contributed by atoms with van der Waals surface area (Å²) >= 11 is 0. The number of aryl methyl sites for hydroxylation is 1. The smallest absolute Gasteiger partial charge is 0.369 e. The predicted molar refractivity (Wildman–Crippen MR) is 172 cm³/mol. The Kier molecular flexibility index (Phi) is 10.1. The molecule has 244 valence electrons. The lowest BCUT2D eigenvalue weighted by molar-refractivity contribution is -0.137. The van der Waals surface area contributed by atoms with Crippen molar-refractivity contribution in [3.8, 4) is 0 Å². The lowest BCUT2D eigenvalue weighted by Crippen LogP contribution is -2.36. The molecule has 1 aliphatic heterocycles. The second-order valence-electron chi connectivity index (χ2n) is 11.2. The van der Waals surface area contributed by atoms with Crippen LogP contribution in [0.25, 0.3) is 0 Å². The van der Waals surface area contributed by atoms with Gasteiger partial charge in [-0.3, -0.25) is 9.59 Å². The van der Waals surface area contributed by atoms with Crippen molar-refractivity contribution in [1.82, 2.24) is 10.2 Å². The summed E-state index contributed by atoms with van der Waals surface area (Å²) in [5.41, 5.74) is 2.80. The third kappa shape index (κ3) is 8.66. The topological polar surface area (TPSA) is 93.8 Å². The molecular formula is C35H33F4N5O3. The van der Waals surface area contributed by atoms with Crippen LogP contribution in [0.5, 0.6) is 0 Å². The number of carbonyl (C=O) groups excluding carboxylic acids is 3. The average Bonchev–Trinajstić information content (AvgIpc) is 3.30. The van der Waals surface area contributed by atoms with Gasteiger partial charge in [-0.2, -0.15) is 13.2 Å². The van der Waals surface area contributed by atoms with Crippen LogP contribution in [0.15, 0.2) is 91.0 Å². The van der Waals surface area contributed by atoms with E-state index < -0.39 is 29.5 Å². The molecule has 1 fully saturated rings. The Balaban J connectivity index is 1.33. The number of hydrogen-bond acceptors (Lipinski definition) is 4. The molecule has 0 spiro atoms. The predicted octanol–water partition coefficient (Wildman–Crippen LogP) is 7.08. The summed E-state index contributed by atoms with van der Waals surface area (Å²) in [6.07, 6.45) is -3.84. The first kappa shape index (κ1) is 33.0. The maximum absolute atomic E-state index is 13.6. The molecule has 0 radical (unpaired) electrons. The van der Waals surface area contributed by atoms with Crippen LogP contribution in [-0.4, -0.2) is 48.9 Å². The highest BCUT2D eigenvalue weighted by Gasteiger charge is 2.30. The summed E-state index contributed by atoms with van der Waals surface area (Å²) in [6.45, 7) is 4.08. The SMILES string of the molecule is Cc1ccc(C(=O)N2CCCN(c3ccc(NC(=O)Nc4ccc(C(F)(F)F)cc4)cc3C(=O)NCc3ccc(F)cc3)CC2)cc1. The lowest BCUT2D eigenvalue weighted by atomic mass is 10.1. The second-order valence-corrected chi connectivity index (χ2v) is 11.2. The standard InChI is InChI=1S/C35H33F4N5O3/c1-23-3-7-25(8-4-23)33(46)44-18-2-17-43(19-20-44)31-16-15-29(21-30(31)32(45)40-22-24-5-11-27(36)12-6-24)42-34(47)41-28-13-9-26(10-14-28)35(37,38)39/h3-16,21H,2,17-20,22H2,1H3,(H,40,45)(H2,41,42,47). The van der Waals surface area contributed by atoms with Gasteiger partial charge < -0.3 is 25.8 Å². The highest BCUT2D eigenvalue weighted by Crippen LogP contribution is 2.30. The Hall–Kier alpha value is -5.39. The molecule has 4 aromatic carbocycles. The van der Waals surface area contributed by atoms with Crippen LogP contribution in [-0.2, 0) is 12.7 Å². The number of benzene rings is 4. The van der Waals surface area contributed by atoms with Gasteiger partial charge in [-0.05, 0) is 85.6 Å². The van der Waals surface area contributed by atoms with Crippen molar-refractivity contribution in [3.63, 3.8) is 0 Å². The normalized spacial score (nSPS) is 13.5. The van der Waals surface area contributed by atoms with E-state index in [9.17, 15) is 31.9 Å².